The number of aromatic amines is 1. The lowest BCUT2D eigenvalue weighted by atomic mass is 10.0. The number of carbonyl (C=O) groups is 1. The van der Waals surface area contributed by atoms with Crippen LogP contribution in [0.4, 0.5) is 10.2 Å². The van der Waals surface area contributed by atoms with Gasteiger partial charge in [-0.2, -0.15) is 10.5 Å². The molecule has 25 heteroatoms. The summed E-state index contributed by atoms with van der Waals surface area (Å²) >= 11 is 0. The lowest BCUT2D eigenvalue weighted by Crippen LogP contribution is -2.46. The van der Waals surface area contributed by atoms with Gasteiger partial charge in [-0.3, -0.25) is 27.9 Å². The van der Waals surface area contributed by atoms with Crippen molar-refractivity contribution in [2.24, 2.45) is 0 Å². The van der Waals surface area contributed by atoms with E-state index in [0.29, 0.717) is 5.56 Å². The highest BCUT2D eigenvalue weighted by Crippen LogP contribution is 2.70. The molecule has 6 heterocycles. The summed E-state index contributed by atoms with van der Waals surface area (Å²) in [6.07, 6.45) is -2.51. The number of imidazole rings is 2. The first kappa shape index (κ1) is 45.4. The maximum Gasteiger partial charge on any atom is 0.342 e. The second-order valence-electron chi connectivity index (χ2n) is 14.7. The molecule has 2 fully saturated rings. The third-order valence-corrected chi connectivity index (χ3v) is 16.5. The van der Waals surface area contributed by atoms with Crippen LogP contribution in [0.2, 0.25) is 0 Å². The number of ether oxygens (including phenoxy) is 2. The number of amides is 1. The van der Waals surface area contributed by atoms with E-state index in [9.17, 15) is 25.2 Å². The van der Waals surface area contributed by atoms with Gasteiger partial charge in [0.25, 0.3) is 11.5 Å². The highest BCUT2D eigenvalue weighted by molar-refractivity contribution is 7.56. The van der Waals surface area contributed by atoms with Crippen LogP contribution in [0.3, 0.4) is 0 Å². The predicted molar refractivity (Wildman–Crippen MR) is 219 cm³/mol. The van der Waals surface area contributed by atoms with Gasteiger partial charge < -0.3 is 43.0 Å². The molecule has 332 valence electrons. The minimum absolute atomic E-state index is 0.0654. The molecule has 0 saturated carbocycles. The topological polar surface area (TPSA) is 294 Å². The van der Waals surface area contributed by atoms with E-state index in [1.807, 2.05) is 12.1 Å². The molecular formula is C38H42FN11O11P2. The molecule has 4 aromatic heterocycles. The number of alkyl halides is 1. The lowest BCUT2D eigenvalue weighted by Gasteiger charge is -2.39. The van der Waals surface area contributed by atoms with E-state index in [1.54, 1.807) is 30.3 Å². The van der Waals surface area contributed by atoms with Crippen LogP contribution < -0.4 is 10.9 Å². The lowest BCUT2D eigenvalue weighted by molar-refractivity contribution is -0.0395. The Morgan fingerprint density at radius 2 is 1.67 bits per heavy atom. The molecule has 0 radical (unpaired) electrons. The van der Waals surface area contributed by atoms with Crippen LogP contribution in [0, 0.1) is 22.7 Å². The highest BCUT2D eigenvalue weighted by atomic mass is 31.2. The van der Waals surface area contributed by atoms with Crippen molar-refractivity contribution in [3.05, 3.63) is 84.2 Å². The van der Waals surface area contributed by atoms with Gasteiger partial charge >= 0.3 is 15.2 Å². The van der Waals surface area contributed by atoms with E-state index in [4.69, 9.17) is 27.6 Å². The molecule has 1 amide bonds. The summed E-state index contributed by atoms with van der Waals surface area (Å²) in [4.78, 5) is 49.0. The first-order chi connectivity index (χ1) is 30.3. The Morgan fingerprint density at radius 3 is 2.37 bits per heavy atom. The number of carbonyl (C=O) groups excluding carboxylic acids is 1. The standard InChI is InChI=1S/C38H42FN11O11P2/c1-4-14-56-62(54,57-15-8-12-40)37(2)17-27(49-22-46-28-31(42-20-43-32(28)49)48-34(52)24-10-6-5-7-11-24)60-26(37)19-59-63(55,58-16-9-13-41)38(3)25(18-51)61-36(30(38)39)50-23-47-29-33(50)44-21-45-35(29)53/h4-7,10-11,20-23,25-27,30,36,51H,1,8-9,14-19H2,2-3H3,(H,44,45,53)(H,42,43,48,52)/t25?,26?,27?,30-,36?,37+,38-,62?,63?/m0/s1. The first-order valence-electron chi connectivity index (χ1n) is 19.4. The van der Waals surface area contributed by atoms with E-state index in [-0.39, 0.29) is 60.6 Å². The maximum absolute atomic E-state index is 17.2. The van der Waals surface area contributed by atoms with Crippen molar-refractivity contribution in [1.29, 1.82) is 10.5 Å². The van der Waals surface area contributed by atoms with Crippen molar-refractivity contribution in [2.75, 3.05) is 38.4 Å². The Kier molecular flexibility index (Phi) is 13.4. The zero-order chi connectivity index (χ0) is 45.0. The number of anilines is 1. The van der Waals surface area contributed by atoms with Crippen LogP contribution in [0.15, 0.2) is 73.1 Å². The summed E-state index contributed by atoms with van der Waals surface area (Å²) in [7, 11) is -9.35. The van der Waals surface area contributed by atoms with Crippen LogP contribution in [-0.4, -0.2) is 112 Å². The van der Waals surface area contributed by atoms with Crippen molar-refractivity contribution in [3.8, 4) is 12.1 Å². The molecule has 22 nitrogen and oxygen atoms in total. The monoisotopic (exact) mass is 909 g/mol. The maximum atomic E-state index is 17.2. The van der Waals surface area contributed by atoms with E-state index < -0.39 is 87.6 Å². The number of H-pyrrole nitrogens is 1. The summed E-state index contributed by atoms with van der Waals surface area (Å²) in [5.41, 5.74) is -0.0800. The van der Waals surface area contributed by atoms with Crippen LogP contribution >= 0.6 is 15.2 Å². The number of hydrogen-bond donors (Lipinski definition) is 3. The van der Waals surface area contributed by atoms with Gasteiger partial charge in [0.2, 0.25) is 0 Å². The van der Waals surface area contributed by atoms with Gasteiger partial charge in [0.05, 0.1) is 77.0 Å². The molecule has 6 unspecified atom stereocenters. The average Bonchev–Trinajstić information content (AvgIpc) is 4.06. The Balaban J connectivity index is 1.25. The molecule has 5 aromatic rings. The molecule has 0 bridgehead atoms. The third kappa shape index (κ3) is 8.24. The third-order valence-electron chi connectivity index (χ3n) is 11.0. The quantitative estimate of drug-likeness (QED) is 0.0574. The Labute approximate surface area is 358 Å². The fourth-order valence-electron chi connectivity index (χ4n) is 7.50. The predicted octanol–water partition coefficient (Wildman–Crippen LogP) is 4.71. The van der Waals surface area contributed by atoms with E-state index in [1.165, 1.54) is 37.1 Å². The Hall–Kier alpha value is -5.58. The number of rotatable bonds is 19. The van der Waals surface area contributed by atoms with Gasteiger partial charge in [-0.25, -0.2) is 29.3 Å². The number of aromatic nitrogens is 8. The number of nitrogens with zero attached hydrogens (tertiary/aromatic N) is 9. The second kappa shape index (κ2) is 18.6. The van der Waals surface area contributed by atoms with Gasteiger partial charge in [-0.1, -0.05) is 24.3 Å². The van der Waals surface area contributed by atoms with E-state index >= 15 is 13.5 Å². The van der Waals surface area contributed by atoms with Crippen molar-refractivity contribution in [3.63, 3.8) is 0 Å². The van der Waals surface area contributed by atoms with Crippen LogP contribution in [-0.2, 0) is 36.7 Å². The Morgan fingerprint density at radius 1 is 0.984 bits per heavy atom. The fraction of sp³-hybridized carbons (Fsp3) is 0.447. The molecule has 2 aliphatic rings. The van der Waals surface area contributed by atoms with Gasteiger partial charge in [0, 0.05) is 12.0 Å². The molecule has 1 aromatic carbocycles. The van der Waals surface area contributed by atoms with Crippen LogP contribution in [0.5, 0.6) is 0 Å². The number of nitriles is 2. The molecule has 0 spiro atoms. The summed E-state index contributed by atoms with van der Waals surface area (Å²) < 4.78 is 86.5. The largest absolute Gasteiger partial charge is 0.394 e. The SMILES string of the molecule is C=CCOP(=O)(OCCC#N)[C@]1(C)CC(n2cnc3c(NC(=O)c4ccccc4)ncnc32)OC1COP(=O)(OCCC#N)[C@@]1(C)C(CO)OC(n2cnc3c(=O)[nH]cnc32)[C@@H]1F. The van der Waals surface area contributed by atoms with Crippen LogP contribution in [0.1, 0.15) is 55.9 Å². The molecule has 7 rings (SSSR count). The summed E-state index contributed by atoms with van der Waals surface area (Å²) in [6.45, 7) is 3.65. The molecule has 3 N–H and O–H groups in total. The smallest absolute Gasteiger partial charge is 0.342 e. The number of nitrogens with one attached hydrogen (secondary N) is 2. The molecule has 9 atom stereocenters. The van der Waals surface area contributed by atoms with Crippen molar-refractivity contribution < 1.29 is 51.0 Å². The van der Waals surface area contributed by atoms with Gasteiger partial charge in [-0.05, 0) is 26.0 Å². The minimum Gasteiger partial charge on any atom is -0.394 e. The number of aliphatic hydroxyl groups is 1. The fourth-order valence-corrected chi connectivity index (χ4v) is 11.9. The van der Waals surface area contributed by atoms with Gasteiger partial charge in [-0.15, -0.1) is 6.58 Å². The zero-order valence-electron chi connectivity index (χ0n) is 33.9. The summed E-state index contributed by atoms with van der Waals surface area (Å²) in [5.74, 6) is -0.375. The number of hydrogen-bond acceptors (Lipinski definition) is 18. The molecule has 2 aliphatic heterocycles. The minimum atomic E-state index is -4.94. The molecule has 63 heavy (non-hydrogen) atoms. The second-order valence-corrected chi connectivity index (χ2v) is 19.8. The normalized spacial score (nSPS) is 26.5. The highest BCUT2D eigenvalue weighted by Gasteiger charge is 2.68. The Bertz CT molecular complexity index is 2720. The summed E-state index contributed by atoms with van der Waals surface area (Å²) in [5, 5.41) is 28.0. The average molecular weight is 910 g/mol. The zero-order valence-corrected chi connectivity index (χ0v) is 35.6. The first-order valence-corrected chi connectivity index (χ1v) is 22.5. The van der Waals surface area contributed by atoms with Crippen molar-refractivity contribution >= 4 is 49.2 Å². The van der Waals surface area contributed by atoms with Crippen LogP contribution in [0.25, 0.3) is 22.3 Å². The van der Waals surface area contributed by atoms with E-state index in [2.05, 4.69) is 41.8 Å². The van der Waals surface area contributed by atoms with E-state index in [0.717, 1.165) is 17.2 Å². The van der Waals surface area contributed by atoms with Crippen molar-refractivity contribution in [1.82, 2.24) is 39.0 Å². The summed E-state index contributed by atoms with van der Waals surface area (Å²) in [6, 6.07) is 12.2. The van der Waals surface area contributed by atoms with Crippen molar-refractivity contribution in [2.45, 2.75) is 74.3 Å². The molecular weight excluding hydrogens is 867 g/mol. The van der Waals surface area contributed by atoms with Gasteiger partial charge in [0.1, 0.15) is 35.1 Å². The number of aliphatic hydroxyl groups excluding tert-OH is 1. The number of fused-ring (bicyclic) bond motifs is 2. The molecule has 0 aliphatic carbocycles. The number of benzene rings is 1. The molecule has 2 saturated heterocycles. The number of halogens is 1. The van der Waals surface area contributed by atoms with Gasteiger partial charge in [0.15, 0.2) is 40.5 Å².